The molecule has 0 amide bonds. The summed E-state index contributed by atoms with van der Waals surface area (Å²) in [5, 5.41) is 8.90. The van der Waals surface area contributed by atoms with Gasteiger partial charge >= 0.3 is 0 Å². The van der Waals surface area contributed by atoms with Crippen molar-refractivity contribution in [2.75, 3.05) is 17.1 Å². The van der Waals surface area contributed by atoms with Crippen molar-refractivity contribution in [1.82, 2.24) is 15.2 Å². The van der Waals surface area contributed by atoms with Crippen molar-refractivity contribution in [2.24, 2.45) is 0 Å². The Morgan fingerprint density at radius 1 is 1.41 bits per heavy atom. The molecule has 0 saturated heterocycles. The van der Waals surface area contributed by atoms with E-state index in [-0.39, 0.29) is 5.03 Å². The molecule has 0 atom stereocenters. The number of hydrogen-bond acceptors (Lipinski definition) is 5. The largest absolute Gasteiger partial charge is 0.386 e. The highest BCUT2D eigenvalue weighted by atomic mass is 32.2. The summed E-state index contributed by atoms with van der Waals surface area (Å²) < 4.78 is 26.4. The van der Waals surface area contributed by atoms with Gasteiger partial charge in [0.15, 0.2) is 5.03 Å². The van der Waals surface area contributed by atoms with Gasteiger partial charge in [-0.05, 0) is 12.1 Å². The lowest BCUT2D eigenvalue weighted by atomic mass is 10.4. The van der Waals surface area contributed by atoms with Crippen LogP contribution in [0.5, 0.6) is 0 Å². The summed E-state index contributed by atoms with van der Waals surface area (Å²) >= 11 is 0. The minimum Gasteiger partial charge on any atom is -0.386 e. The molecule has 0 aliphatic heterocycles. The monoisotopic (exact) mass is 253 g/mol. The van der Waals surface area contributed by atoms with E-state index in [1.807, 2.05) is 0 Å². The van der Waals surface area contributed by atoms with E-state index in [0.29, 0.717) is 11.4 Å². The number of H-pyrrole nitrogens is 1. The molecule has 2 rings (SSSR count). The second kappa shape index (κ2) is 4.42. The van der Waals surface area contributed by atoms with E-state index in [0.717, 1.165) is 0 Å². The highest BCUT2D eigenvalue weighted by molar-refractivity contribution is 7.92. The molecule has 90 valence electrons. The predicted octanol–water partition coefficient (Wildman–Crippen LogP) is 0.647. The van der Waals surface area contributed by atoms with E-state index < -0.39 is 10.0 Å². The number of aromatic nitrogens is 3. The summed E-state index contributed by atoms with van der Waals surface area (Å²) in [6, 6.07) is 3.29. The minimum atomic E-state index is -3.71. The number of nitrogens with one attached hydrogen (secondary N) is 3. The molecule has 0 unspecified atom stereocenters. The molecular formula is C9H11N5O2S. The zero-order chi connectivity index (χ0) is 12.3. The Balaban J connectivity index is 2.38. The minimum absolute atomic E-state index is 0.0521. The van der Waals surface area contributed by atoms with Gasteiger partial charge < -0.3 is 5.32 Å². The third-order valence-corrected chi connectivity index (χ3v) is 3.38. The van der Waals surface area contributed by atoms with Crippen molar-refractivity contribution in [1.29, 1.82) is 0 Å². The van der Waals surface area contributed by atoms with Gasteiger partial charge in [-0.1, -0.05) is 0 Å². The van der Waals surface area contributed by atoms with Crippen LogP contribution in [-0.4, -0.2) is 30.6 Å². The molecule has 7 nitrogen and oxygen atoms in total. The third kappa shape index (κ3) is 2.36. The molecule has 17 heavy (non-hydrogen) atoms. The van der Waals surface area contributed by atoms with Gasteiger partial charge in [-0.2, -0.15) is 13.5 Å². The lowest BCUT2D eigenvalue weighted by Crippen LogP contribution is -2.15. The van der Waals surface area contributed by atoms with Crippen LogP contribution in [0, 0.1) is 0 Å². The fourth-order valence-electron chi connectivity index (χ4n) is 1.31. The summed E-state index contributed by atoms with van der Waals surface area (Å²) in [5.41, 5.74) is 0.793. The van der Waals surface area contributed by atoms with Crippen molar-refractivity contribution in [3.05, 3.63) is 30.7 Å². The Labute approximate surface area is 98.3 Å². The molecule has 2 heterocycles. The van der Waals surface area contributed by atoms with Gasteiger partial charge in [-0.3, -0.25) is 9.82 Å². The zero-order valence-corrected chi connectivity index (χ0v) is 9.82. The molecule has 2 aromatic heterocycles. The van der Waals surface area contributed by atoms with Crippen LogP contribution in [0.2, 0.25) is 0 Å². The number of sulfonamides is 1. The average molecular weight is 253 g/mol. The van der Waals surface area contributed by atoms with E-state index in [2.05, 4.69) is 25.2 Å². The molecule has 0 bridgehead atoms. The molecule has 0 fully saturated rings. The predicted molar refractivity (Wildman–Crippen MR) is 63.2 cm³/mol. The van der Waals surface area contributed by atoms with E-state index in [1.54, 1.807) is 19.2 Å². The van der Waals surface area contributed by atoms with Crippen molar-refractivity contribution >= 4 is 21.4 Å². The second-order valence-electron chi connectivity index (χ2n) is 3.20. The van der Waals surface area contributed by atoms with Gasteiger partial charge in [0.2, 0.25) is 0 Å². The maximum atomic E-state index is 12.0. The lowest BCUT2D eigenvalue weighted by Gasteiger charge is -2.09. The van der Waals surface area contributed by atoms with E-state index in [9.17, 15) is 8.42 Å². The maximum absolute atomic E-state index is 12.0. The summed E-state index contributed by atoms with van der Waals surface area (Å²) in [6.07, 6.45) is 4.24. The molecule has 0 saturated carbocycles. The average Bonchev–Trinajstić information content (AvgIpc) is 2.81. The number of anilines is 2. The lowest BCUT2D eigenvalue weighted by molar-refractivity contribution is 0.598. The first-order valence-electron chi connectivity index (χ1n) is 4.78. The van der Waals surface area contributed by atoms with E-state index in [1.165, 1.54) is 18.6 Å². The number of rotatable bonds is 4. The normalized spacial score (nSPS) is 11.1. The molecule has 8 heteroatoms. The van der Waals surface area contributed by atoms with Crippen molar-refractivity contribution in [2.45, 2.75) is 5.03 Å². The number of hydrogen-bond donors (Lipinski definition) is 3. The Morgan fingerprint density at radius 2 is 2.24 bits per heavy atom. The van der Waals surface area contributed by atoms with Gasteiger partial charge in [-0.25, -0.2) is 4.98 Å². The summed E-state index contributed by atoms with van der Waals surface area (Å²) in [5.74, 6) is 0. The van der Waals surface area contributed by atoms with E-state index >= 15 is 0 Å². The Morgan fingerprint density at radius 3 is 2.88 bits per heavy atom. The van der Waals surface area contributed by atoms with Crippen LogP contribution in [0.4, 0.5) is 11.4 Å². The molecule has 3 N–H and O–H groups in total. The van der Waals surface area contributed by atoms with Crippen LogP contribution in [0.1, 0.15) is 0 Å². The van der Waals surface area contributed by atoms with Gasteiger partial charge in [-0.15, -0.1) is 0 Å². The van der Waals surface area contributed by atoms with Gasteiger partial charge in [0.05, 0.1) is 17.6 Å². The first-order valence-corrected chi connectivity index (χ1v) is 6.26. The zero-order valence-electron chi connectivity index (χ0n) is 9.01. The third-order valence-electron chi connectivity index (χ3n) is 2.05. The molecule has 0 aromatic carbocycles. The Hall–Kier alpha value is -2.09. The van der Waals surface area contributed by atoms with Crippen LogP contribution in [0.25, 0.3) is 0 Å². The number of pyridine rings is 1. The van der Waals surface area contributed by atoms with Gasteiger partial charge in [0.1, 0.15) is 0 Å². The maximum Gasteiger partial charge on any atom is 0.281 e. The first kappa shape index (κ1) is 11.4. The van der Waals surface area contributed by atoms with Crippen molar-refractivity contribution in [3.8, 4) is 0 Å². The molecule has 0 radical (unpaired) electrons. The molecule has 2 aromatic rings. The van der Waals surface area contributed by atoms with Crippen LogP contribution < -0.4 is 10.0 Å². The topological polar surface area (TPSA) is 99.8 Å². The highest BCUT2D eigenvalue weighted by Gasteiger charge is 2.19. The molecular weight excluding hydrogens is 242 g/mol. The number of aromatic amines is 1. The quantitative estimate of drug-likeness (QED) is 0.742. The highest BCUT2D eigenvalue weighted by Crippen LogP contribution is 2.19. The smallest absolute Gasteiger partial charge is 0.281 e. The van der Waals surface area contributed by atoms with Crippen LogP contribution in [0.15, 0.2) is 35.7 Å². The number of nitrogens with zero attached hydrogens (tertiary/aromatic N) is 2. The van der Waals surface area contributed by atoms with Crippen LogP contribution in [0.3, 0.4) is 0 Å². The second-order valence-corrected chi connectivity index (χ2v) is 4.80. The van der Waals surface area contributed by atoms with Crippen LogP contribution in [-0.2, 0) is 10.0 Å². The Bertz CT molecular complexity index is 594. The fourth-order valence-corrected chi connectivity index (χ4v) is 2.48. The SMILES string of the molecule is CNc1cccnc1S(=O)(=O)Nc1cn[nH]c1. The van der Waals surface area contributed by atoms with Crippen molar-refractivity contribution in [3.63, 3.8) is 0 Å². The standard InChI is InChI=1S/C9H11N5O2S/c1-10-8-3-2-4-11-9(8)17(15,16)14-7-5-12-13-6-7/h2-6,10,14H,1H3,(H,12,13). The summed E-state index contributed by atoms with van der Waals surface area (Å²) in [4.78, 5) is 3.86. The molecule has 0 aliphatic rings. The fraction of sp³-hybridized carbons (Fsp3) is 0.111. The van der Waals surface area contributed by atoms with Crippen LogP contribution >= 0.6 is 0 Å². The summed E-state index contributed by atoms with van der Waals surface area (Å²) in [6.45, 7) is 0. The molecule has 0 aliphatic carbocycles. The van der Waals surface area contributed by atoms with Crippen molar-refractivity contribution < 1.29 is 8.42 Å². The molecule has 0 spiro atoms. The Kier molecular flexibility index (Phi) is 2.96. The first-order chi connectivity index (χ1) is 8.13. The van der Waals surface area contributed by atoms with Gasteiger partial charge in [0.25, 0.3) is 10.0 Å². The summed E-state index contributed by atoms with van der Waals surface area (Å²) in [7, 11) is -2.08. The van der Waals surface area contributed by atoms with E-state index in [4.69, 9.17) is 0 Å². The van der Waals surface area contributed by atoms with Gasteiger partial charge in [0, 0.05) is 19.4 Å².